The Hall–Kier alpha value is -2.54. The Morgan fingerprint density at radius 3 is 2.96 bits per heavy atom. The van der Waals surface area contributed by atoms with E-state index < -0.39 is 0 Å². The number of aromatic nitrogens is 1. The number of benzene rings is 1. The number of ether oxygens (including phenoxy) is 1. The molecule has 0 aliphatic carbocycles. The molecule has 0 unspecified atom stereocenters. The number of carbonyl (C=O) groups is 2. The number of amides is 2. The molecule has 26 heavy (non-hydrogen) atoms. The topological polar surface area (TPSA) is 71.5 Å². The monoisotopic (exact) mass is 371 g/mol. The Labute approximate surface area is 156 Å². The zero-order chi connectivity index (χ0) is 18.5. The second-order valence-corrected chi connectivity index (χ2v) is 7.16. The summed E-state index contributed by atoms with van der Waals surface area (Å²) in [7, 11) is 0. The minimum absolute atomic E-state index is 0.149. The third-order valence-corrected chi connectivity index (χ3v) is 4.89. The second kappa shape index (κ2) is 8.23. The molecule has 1 aliphatic heterocycles. The van der Waals surface area contributed by atoms with E-state index in [-0.39, 0.29) is 18.0 Å². The summed E-state index contributed by atoms with van der Waals surface area (Å²) in [5.74, 6) is 0.754. The van der Waals surface area contributed by atoms with E-state index >= 15 is 0 Å². The van der Waals surface area contributed by atoms with Crippen LogP contribution in [0.2, 0.25) is 0 Å². The number of thioether (sulfide) groups is 1. The van der Waals surface area contributed by atoms with Crippen LogP contribution in [-0.4, -0.2) is 35.9 Å². The Morgan fingerprint density at radius 2 is 2.23 bits per heavy atom. The van der Waals surface area contributed by atoms with Gasteiger partial charge < -0.3 is 10.1 Å². The lowest BCUT2D eigenvalue weighted by Gasteiger charge is -2.18. The molecule has 2 aromatic rings. The van der Waals surface area contributed by atoms with E-state index in [4.69, 9.17) is 4.74 Å². The van der Waals surface area contributed by atoms with Gasteiger partial charge in [-0.15, -0.1) is 11.8 Å². The summed E-state index contributed by atoms with van der Waals surface area (Å²) < 4.78 is 4.98. The molecule has 0 saturated carbocycles. The number of pyridine rings is 1. The molecule has 1 aliphatic rings. The number of carbonyl (C=O) groups excluding carboxylic acids is 2. The van der Waals surface area contributed by atoms with Gasteiger partial charge in [-0.3, -0.25) is 9.69 Å². The van der Waals surface area contributed by atoms with Crippen molar-refractivity contribution < 1.29 is 14.3 Å². The van der Waals surface area contributed by atoms with E-state index in [0.717, 1.165) is 22.0 Å². The quantitative estimate of drug-likeness (QED) is 0.785. The maximum Gasteiger partial charge on any atom is 0.414 e. The summed E-state index contributed by atoms with van der Waals surface area (Å²) in [6.07, 6.45) is 1.31. The number of anilines is 1. The lowest BCUT2D eigenvalue weighted by molar-refractivity contribution is 0.0939. The Balaban J connectivity index is 1.71. The highest BCUT2D eigenvalue weighted by Crippen LogP contribution is 2.23. The molecule has 0 spiro atoms. The Morgan fingerprint density at radius 1 is 1.38 bits per heavy atom. The highest BCUT2D eigenvalue weighted by Gasteiger charge is 2.24. The number of nitrogens with one attached hydrogen (secondary N) is 1. The van der Waals surface area contributed by atoms with Gasteiger partial charge in [-0.25, -0.2) is 9.78 Å². The highest BCUT2D eigenvalue weighted by atomic mass is 32.2. The molecule has 1 atom stereocenters. The molecule has 1 aromatic carbocycles. The van der Waals surface area contributed by atoms with Crippen LogP contribution in [0.3, 0.4) is 0 Å². The van der Waals surface area contributed by atoms with Gasteiger partial charge >= 0.3 is 6.09 Å². The van der Waals surface area contributed by atoms with Crippen LogP contribution >= 0.6 is 11.8 Å². The summed E-state index contributed by atoms with van der Waals surface area (Å²) in [6.45, 7) is 4.90. The van der Waals surface area contributed by atoms with Crippen LogP contribution in [-0.2, 0) is 4.74 Å². The molecule has 0 bridgehead atoms. The number of hydrogen-bond donors (Lipinski definition) is 1. The fourth-order valence-electron chi connectivity index (χ4n) is 2.73. The molecule has 6 nitrogen and oxygen atoms in total. The van der Waals surface area contributed by atoms with Crippen LogP contribution in [0.25, 0.3) is 0 Å². The molecule has 2 amide bonds. The van der Waals surface area contributed by atoms with Gasteiger partial charge in [-0.2, -0.15) is 0 Å². The second-order valence-electron chi connectivity index (χ2n) is 5.87. The predicted octanol–water partition coefficient (Wildman–Crippen LogP) is 3.64. The van der Waals surface area contributed by atoms with Gasteiger partial charge in [0, 0.05) is 17.4 Å². The van der Waals surface area contributed by atoms with E-state index in [1.807, 2.05) is 38.1 Å². The van der Waals surface area contributed by atoms with Gasteiger partial charge in [0.15, 0.2) is 0 Å². The molecule has 1 N–H and O–H groups in total. The molecule has 7 heteroatoms. The lowest BCUT2D eigenvalue weighted by atomic mass is 10.1. The molecule has 136 valence electrons. The van der Waals surface area contributed by atoms with E-state index in [1.165, 1.54) is 0 Å². The summed E-state index contributed by atoms with van der Waals surface area (Å²) in [5, 5.41) is 3.84. The number of cyclic esters (lactones) is 1. The lowest BCUT2D eigenvalue weighted by Crippen LogP contribution is -2.27. The average molecular weight is 371 g/mol. The van der Waals surface area contributed by atoms with Crippen molar-refractivity contribution >= 4 is 29.4 Å². The summed E-state index contributed by atoms with van der Waals surface area (Å²) in [5.41, 5.74) is 2.28. The minimum atomic E-state index is -0.337. The Kier molecular flexibility index (Phi) is 5.78. The van der Waals surface area contributed by atoms with Crippen LogP contribution in [0.5, 0.6) is 0 Å². The van der Waals surface area contributed by atoms with Gasteiger partial charge in [0.25, 0.3) is 5.91 Å². The first-order valence-electron chi connectivity index (χ1n) is 8.52. The smallest absolute Gasteiger partial charge is 0.414 e. The van der Waals surface area contributed by atoms with Crippen molar-refractivity contribution in [3.05, 3.63) is 53.7 Å². The van der Waals surface area contributed by atoms with Crippen molar-refractivity contribution in [2.75, 3.05) is 23.8 Å². The fourth-order valence-corrected chi connectivity index (χ4v) is 3.37. The summed E-state index contributed by atoms with van der Waals surface area (Å²) >= 11 is 1.60. The van der Waals surface area contributed by atoms with Crippen LogP contribution in [0.15, 0.2) is 47.6 Å². The molecule has 1 saturated heterocycles. The Bertz CT molecular complexity index is 812. The standard InChI is InChI=1S/C19H21N3O3S/c1-3-26-17-12-15(7-8-20-17)18(23)21-13(2)14-5-4-6-16(11-14)22-9-10-25-19(22)24/h4-8,11-13H,3,9-10H2,1-2H3,(H,21,23)/t13-/m0/s1. The zero-order valence-corrected chi connectivity index (χ0v) is 15.6. The first-order chi connectivity index (χ1) is 12.6. The first kappa shape index (κ1) is 18.3. The molecule has 1 fully saturated rings. The summed E-state index contributed by atoms with van der Waals surface area (Å²) in [4.78, 5) is 30.1. The number of rotatable bonds is 6. The van der Waals surface area contributed by atoms with Crippen LogP contribution in [0.4, 0.5) is 10.5 Å². The van der Waals surface area contributed by atoms with Crippen molar-refractivity contribution in [3.8, 4) is 0 Å². The normalized spacial score (nSPS) is 14.8. The molecule has 3 rings (SSSR count). The van der Waals surface area contributed by atoms with Crippen molar-refractivity contribution in [1.82, 2.24) is 10.3 Å². The summed E-state index contributed by atoms with van der Waals surface area (Å²) in [6, 6.07) is 10.9. The van der Waals surface area contributed by atoms with E-state index in [1.54, 1.807) is 35.0 Å². The minimum Gasteiger partial charge on any atom is -0.447 e. The largest absolute Gasteiger partial charge is 0.447 e. The zero-order valence-electron chi connectivity index (χ0n) is 14.8. The fraction of sp³-hybridized carbons (Fsp3) is 0.316. The van der Waals surface area contributed by atoms with Gasteiger partial charge in [-0.1, -0.05) is 19.1 Å². The third-order valence-electron chi connectivity index (χ3n) is 4.08. The van der Waals surface area contributed by atoms with Gasteiger partial charge in [0.05, 0.1) is 17.6 Å². The van der Waals surface area contributed by atoms with E-state index in [9.17, 15) is 9.59 Å². The van der Waals surface area contributed by atoms with Crippen molar-refractivity contribution in [1.29, 1.82) is 0 Å². The number of nitrogens with zero attached hydrogens (tertiary/aromatic N) is 2. The van der Waals surface area contributed by atoms with E-state index in [2.05, 4.69) is 10.3 Å². The van der Waals surface area contributed by atoms with E-state index in [0.29, 0.717) is 18.7 Å². The van der Waals surface area contributed by atoms with Crippen LogP contribution in [0.1, 0.15) is 35.8 Å². The molecule has 2 heterocycles. The molecular formula is C19H21N3O3S. The van der Waals surface area contributed by atoms with Crippen molar-refractivity contribution in [2.24, 2.45) is 0 Å². The van der Waals surface area contributed by atoms with Crippen molar-refractivity contribution in [2.45, 2.75) is 24.9 Å². The first-order valence-corrected chi connectivity index (χ1v) is 9.51. The van der Waals surface area contributed by atoms with Gasteiger partial charge in [-0.05, 0) is 42.5 Å². The number of hydrogen-bond acceptors (Lipinski definition) is 5. The maximum absolute atomic E-state index is 12.5. The SMILES string of the molecule is CCSc1cc(C(=O)N[C@@H](C)c2cccc(N3CCOC3=O)c2)ccn1. The average Bonchev–Trinajstić information content (AvgIpc) is 3.08. The predicted molar refractivity (Wildman–Crippen MR) is 102 cm³/mol. The maximum atomic E-state index is 12.5. The van der Waals surface area contributed by atoms with Crippen LogP contribution in [0, 0.1) is 0 Å². The third kappa shape index (κ3) is 4.16. The molecular weight excluding hydrogens is 350 g/mol. The highest BCUT2D eigenvalue weighted by molar-refractivity contribution is 7.99. The van der Waals surface area contributed by atoms with Gasteiger partial charge in [0.1, 0.15) is 6.61 Å². The van der Waals surface area contributed by atoms with Crippen LogP contribution < -0.4 is 10.2 Å². The van der Waals surface area contributed by atoms with Gasteiger partial charge in [0.2, 0.25) is 0 Å². The molecule has 1 aromatic heterocycles. The van der Waals surface area contributed by atoms with Crippen molar-refractivity contribution in [3.63, 3.8) is 0 Å². The molecule has 0 radical (unpaired) electrons.